The third kappa shape index (κ3) is 5.20. The molecule has 0 atom stereocenters. The molecule has 0 spiro atoms. The van der Waals surface area contributed by atoms with E-state index in [2.05, 4.69) is 39.3 Å². The number of rotatable bonds is 7. The maximum atomic E-state index is 12.1. The van der Waals surface area contributed by atoms with Crippen molar-refractivity contribution in [3.63, 3.8) is 0 Å². The van der Waals surface area contributed by atoms with Gasteiger partial charge in [-0.25, -0.2) is 0 Å². The van der Waals surface area contributed by atoms with Crippen molar-refractivity contribution in [3.8, 4) is 0 Å². The van der Waals surface area contributed by atoms with E-state index < -0.39 is 0 Å². The fraction of sp³-hybridized carbons (Fsp3) is 0.588. The molecule has 0 saturated carbocycles. The molecule has 20 heavy (non-hydrogen) atoms. The Morgan fingerprint density at radius 2 is 1.65 bits per heavy atom. The zero-order valence-electron chi connectivity index (χ0n) is 13.3. The molecule has 0 aliphatic carbocycles. The van der Waals surface area contributed by atoms with Gasteiger partial charge in [0, 0.05) is 17.9 Å². The Balaban J connectivity index is 2.57. The maximum absolute atomic E-state index is 12.1. The smallest absolute Gasteiger partial charge is 0.251 e. The lowest BCUT2D eigenvalue weighted by atomic mass is 9.85. The summed E-state index contributed by atoms with van der Waals surface area (Å²) in [6, 6.07) is 7.91. The lowest BCUT2D eigenvalue weighted by molar-refractivity contribution is 0.0937. The first-order valence-electron chi connectivity index (χ1n) is 7.31. The summed E-state index contributed by atoms with van der Waals surface area (Å²) in [4.78, 5) is 12.1. The summed E-state index contributed by atoms with van der Waals surface area (Å²) in [6.07, 6.45) is 2.08. The molecule has 0 aliphatic rings. The minimum absolute atomic E-state index is 0.0343. The lowest BCUT2D eigenvalue weighted by Gasteiger charge is -2.25. The van der Waals surface area contributed by atoms with E-state index in [-0.39, 0.29) is 5.91 Å². The lowest BCUT2D eigenvalue weighted by Crippen LogP contribution is -2.33. The van der Waals surface area contributed by atoms with E-state index in [4.69, 9.17) is 0 Å². The van der Waals surface area contributed by atoms with Gasteiger partial charge >= 0.3 is 0 Å². The highest BCUT2D eigenvalue weighted by atomic mass is 32.2. The van der Waals surface area contributed by atoms with Gasteiger partial charge in [-0.1, -0.05) is 39.8 Å². The number of hydrogen-bond acceptors (Lipinski definition) is 2. The monoisotopic (exact) mass is 293 g/mol. The van der Waals surface area contributed by atoms with Crippen molar-refractivity contribution < 1.29 is 4.79 Å². The normalized spacial score (nSPS) is 11.4. The highest BCUT2D eigenvalue weighted by molar-refractivity contribution is 7.97. The van der Waals surface area contributed by atoms with Crippen molar-refractivity contribution in [3.05, 3.63) is 35.4 Å². The van der Waals surface area contributed by atoms with Crippen LogP contribution in [0.2, 0.25) is 0 Å². The molecule has 112 valence electrons. The fourth-order valence-electron chi connectivity index (χ4n) is 2.47. The van der Waals surface area contributed by atoms with Crippen LogP contribution < -0.4 is 5.32 Å². The van der Waals surface area contributed by atoms with Gasteiger partial charge in [-0.2, -0.15) is 11.8 Å². The van der Waals surface area contributed by atoms with Gasteiger partial charge in [-0.15, -0.1) is 0 Å². The molecule has 1 amide bonds. The minimum atomic E-state index is 0.0343. The molecule has 0 unspecified atom stereocenters. The van der Waals surface area contributed by atoms with Crippen LogP contribution in [0.3, 0.4) is 0 Å². The van der Waals surface area contributed by atoms with Gasteiger partial charge in [-0.05, 0) is 41.7 Å². The topological polar surface area (TPSA) is 29.1 Å². The largest absolute Gasteiger partial charge is 0.352 e. The second kappa shape index (κ2) is 8.35. The summed E-state index contributed by atoms with van der Waals surface area (Å²) in [7, 11) is 0. The van der Waals surface area contributed by atoms with E-state index >= 15 is 0 Å². The molecule has 2 nitrogen and oxygen atoms in total. The van der Waals surface area contributed by atoms with Crippen LogP contribution in [0.5, 0.6) is 0 Å². The molecule has 1 N–H and O–H groups in total. The third-order valence-electron chi connectivity index (χ3n) is 3.74. The standard InChI is InChI=1S/C17H27NOS/c1-12(2)16(13(3)4)10-18-17(19)15-8-6-14(7-9-15)11-20-5/h6-9,12-13,16H,10-11H2,1-5H3,(H,18,19). The van der Waals surface area contributed by atoms with Crippen molar-refractivity contribution in [2.45, 2.75) is 33.4 Å². The molecule has 1 aromatic carbocycles. The highest BCUT2D eigenvalue weighted by Crippen LogP contribution is 2.19. The number of hydrogen-bond donors (Lipinski definition) is 1. The van der Waals surface area contributed by atoms with Crippen LogP contribution in [0.1, 0.15) is 43.6 Å². The van der Waals surface area contributed by atoms with Crippen LogP contribution in [-0.2, 0) is 5.75 Å². The van der Waals surface area contributed by atoms with Gasteiger partial charge in [0.2, 0.25) is 0 Å². The summed E-state index contributed by atoms with van der Waals surface area (Å²) >= 11 is 1.79. The van der Waals surface area contributed by atoms with Crippen molar-refractivity contribution in [2.75, 3.05) is 12.8 Å². The highest BCUT2D eigenvalue weighted by Gasteiger charge is 2.18. The van der Waals surface area contributed by atoms with Crippen molar-refractivity contribution in [1.29, 1.82) is 0 Å². The summed E-state index contributed by atoms with van der Waals surface area (Å²) < 4.78 is 0. The van der Waals surface area contributed by atoms with Gasteiger partial charge in [0.1, 0.15) is 0 Å². The summed E-state index contributed by atoms with van der Waals surface area (Å²) in [5.41, 5.74) is 2.01. The van der Waals surface area contributed by atoms with Gasteiger partial charge in [0.15, 0.2) is 0 Å². The minimum Gasteiger partial charge on any atom is -0.352 e. The molecule has 0 fully saturated rings. The van der Waals surface area contributed by atoms with Gasteiger partial charge in [0.25, 0.3) is 5.91 Å². The molecule has 0 aromatic heterocycles. The first kappa shape index (κ1) is 17.1. The number of carbonyl (C=O) groups is 1. The number of thioether (sulfide) groups is 1. The average molecular weight is 293 g/mol. The second-order valence-electron chi connectivity index (χ2n) is 5.99. The Morgan fingerprint density at radius 3 is 2.10 bits per heavy atom. The number of benzene rings is 1. The van der Waals surface area contributed by atoms with Crippen LogP contribution in [0, 0.1) is 17.8 Å². The van der Waals surface area contributed by atoms with Crippen LogP contribution in [0.15, 0.2) is 24.3 Å². The molecular weight excluding hydrogens is 266 g/mol. The Morgan fingerprint density at radius 1 is 1.10 bits per heavy atom. The summed E-state index contributed by atoms with van der Waals surface area (Å²) in [5.74, 6) is 2.71. The second-order valence-corrected chi connectivity index (χ2v) is 6.86. The maximum Gasteiger partial charge on any atom is 0.251 e. The van der Waals surface area contributed by atoms with E-state index in [9.17, 15) is 4.79 Å². The fourth-order valence-corrected chi connectivity index (χ4v) is 3.00. The SMILES string of the molecule is CSCc1ccc(C(=O)NCC(C(C)C)C(C)C)cc1. The predicted octanol–water partition coefficient (Wildman–Crippen LogP) is 4.21. The molecule has 0 heterocycles. The van der Waals surface area contributed by atoms with E-state index in [0.29, 0.717) is 17.8 Å². The van der Waals surface area contributed by atoms with Gasteiger partial charge < -0.3 is 5.32 Å². The Bertz CT molecular complexity index is 404. The number of amides is 1. The molecule has 0 aliphatic heterocycles. The molecule has 0 bridgehead atoms. The molecule has 0 saturated heterocycles. The van der Waals surface area contributed by atoms with Gasteiger partial charge in [0.05, 0.1) is 0 Å². The summed E-state index contributed by atoms with van der Waals surface area (Å²) in [5, 5.41) is 3.07. The first-order valence-corrected chi connectivity index (χ1v) is 8.71. The molecule has 1 aromatic rings. The van der Waals surface area contributed by atoms with Crippen molar-refractivity contribution >= 4 is 17.7 Å². The van der Waals surface area contributed by atoms with Crippen LogP contribution in [0.25, 0.3) is 0 Å². The Hall–Kier alpha value is -0.960. The zero-order valence-corrected chi connectivity index (χ0v) is 14.1. The molecular formula is C17H27NOS. The van der Waals surface area contributed by atoms with Crippen LogP contribution >= 0.6 is 11.8 Å². The van der Waals surface area contributed by atoms with E-state index in [1.54, 1.807) is 11.8 Å². The van der Waals surface area contributed by atoms with Crippen molar-refractivity contribution in [1.82, 2.24) is 5.32 Å². The predicted molar refractivity (Wildman–Crippen MR) is 89.2 cm³/mol. The Kier molecular flexibility index (Phi) is 7.14. The Labute approximate surface area is 127 Å². The first-order chi connectivity index (χ1) is 9.45. The quantitative estimate of drug-likeness (QED) is 0.816. The molecule has 1 rings (SSSR count). The molecule has 3 heteroatoms. The average Bonchev–Trinajstić information content (AvgIpc) is 2.39. The zero-order chi connectivity index (χ0) is 15.1. The molecule has 0 radical (unpaired) electrons. The summed E-state index contributed by atoms with van der Waals surface area (Å²) in [6.45, 7) is 9.62. The third-order valence-corrected chi connectivity index (χ3v) is 4.36. The van der Waals surface area contributed by atoms with Crippen LogP contribution in [0.4, 0.5) is 0 Å². The van der Waals surface area contributed by atoms with Crippen molar-refractivity contribution in [2.24, 2.45) is 17.8 Å². The number of nitrogens with one attached hydrogen (secondary N) is 1. The van der Waals surface area contributed by atoms with Crippen LogP contribution in [-0.4, -0.2) is 18.7 Å². The van der Waals surface area contributed by atoms with E-state index in [1.165, 1.54) is 5.56 Å². The van der Waals surface area contributed by atoms with E-state index in [1.807, 2.05) is 24.3 Å². The number of carbonyl (C=O) groups excluding carboxylic acids is 1. The van der Waals surface area contributed by atoms with Gasteiger partial charge in [-0.3, -0.25) is 4.79 Å². The van der Waals surface area contributed by atoms with E-state index in [0.717, 1.165) is 17.9 Å².